The first-order valence-electron chi connectivity index (χ1n) is 9.18. The summed E-state index contributed by atoms with van der Waals surface area (Å²) >= 11 is 12.6. The molecule has 10 heteroatoms. The lowest BCUT2D eigenvalue weighted by molar-refractivity contribution is 0.0976. The molecule has 0 saturated heterocycles. The van der Waals surface area contributed by atoms with Gasteiger partial charge in [-0.15, -0.1) is 10.2 Å². The average molecular weight is 457 g/mol. The van der Waals surface area contributed by atoms with Crippen molar-refractivity contribution in [1.82, 2.24) is 30.4 Å². The van der Waals surface area contributed by atoms with E-state index in [2.05, 4.69) is 25.9 Å². The predicted octanol–water partition coefficient (Wildman–Crippen LogP) is 3.87. The standard InChI is InChI=1S/C20H17ClN6OS2/c1-2-16-24-25-20-27(16)26-18(30-20)13-8-6-12(7-9-13)11-22-19(29)23-17(28)14-4-3-5-15(21)10-14/h3-10H,2,11H2,1H3,(H2,22,23,28,29). The van der Waals surface area contributed by atoms with Crippen LogP contribution in [0.1, 0.15) is 28.7 Å². The number of halogens is 1. The monoisotopic (exact) mass is 456 g/mol. The predicted molar refractivity (Wildman–Crippen MR) is 122 cm³/mol. The molecule has 1 amide bonds. The zero-order valence-electron chi connectivity index (χ0n) is 15.9. The van der Waals surface area contributed by atoms with Gasteiger partial charge in [0, 0.05) is 29.1 Å². The smallest absolute Gasteiger partial charge is 0.257 e. The molecule has 4 rings (SSSR count). The molecule has 0 unspecified atom stereocenters. The first-order chi connectivity index (χ1) is 14.5. The number of benzene rings is 2. The molecule has 7 nitrogen and oxygen atoms in total. The molecule has 0 aliphatic carbocycles. The van der Waals surface area contributed by atoms with Gasteiger partial charge in [0.1, 0.15) is 5.01 Å². The molecule has 152 valence electrons. The second-order valence-electron chi connectivity index (χ2n) is 6.42. The maximum atomic E-state index is 12.2. The summed E-state index contributed by atoms with van der Waals surface area (Å²) < 4.78 is 1.79. The third kappa shape index (κ3) is 4.48. The lowest BCUT2D eigenvalue weighted by atomic mass is 10.1. The van der Waals surface area contributed by atoms with Gasteiger partial charge in [-0.1, -0.05) is 60.2 Å². The zero-order valence-corrected chi connectivity index (χ0v) is 18.3. The van der Waals surface area contributed by atoms with E-state index in [0.717, 1.165) is 33.3 Å². The molecule has 2 heterocycles. The number of thiocarbonyl (C=S) groups is 1. The van der Waals surface area contributed by atoms with Gasteiger partial charge in [-0.2, -0.15) is 9.61 Å². The fourth-order valence-corrected chi connectivity index (χ4v) is 4.01. The van der Waals surface area contributed by atoms with Gasteiger partial charge in [-0.25, -0.2) is 0 Å². The molecule has 4 aromatic rings. The Morgan fingerprint density at radius 2 is 2.00 bits per heavy atom. The van der Waals surface area contributed by atoms with E-state index in [-0.39, 0.29) is 11.0 Å². The Balaban J connectivity index is 1.35. The van der Waals surface area contributed by atoms with Crippen LogP contribution in [0.3, 0.4) is 0 Å². The number of fused-ring (bicyclic) bond motifs is 1. The van der Waals surface area contributed by atoms with E-state index in [1.807, 2.05) is 31.2 Å². The molecule has 0 saturated carbocycles. The molecular weight excluding hydrogens is 440 g/mol. The average Bonchev–Trinajstić information content (AvgIpc) is 3.33. The molecule has 0 atom stereocenters. The number of nitrogens with zero attached hydrogens (tertiary/aromatic N) is 4. The summed E-state index contributed by atoms with van der Waals surface area (Å²) in [4.78, 5) is 13.0. The van der Waals surface area contributed by atoms with Crippen molar-refractivity contribution in [2.75, 3.05) is 0 Å². The van der Waals surface area contributed by atoms with Gasteiger partial charge in [0.25, 0.3) is 5.91 Å². The Hall–Kier alpha value is -2.88. The molecule has 2 N–H and O–H groups in total. The van der Waals surface area contributed by atoms with Crippen molar-refractivity contribution < 1.29 is 4.79 Å². The van der Waals surface area contributed by atoms with Crippen LogP contribution in [0.2, 0.25) is 5.02 Å². The van der Waals surface area contributed by atoms with Crippen LogP contribution in [0.4, 0.5) is 0 Å². The van der Waals surface area contributed by atoms with Crippen LogP contribution in [-0.4, -0.2) is 30.8 Å². The highest BCUT2D eigenvalue weighted by Gasteiger charge is 2.12. The molecule has 2 aromatic carbocycles. The number of amides is 1. The fraction of sp³-hybridized carbons (Fsp3) is 0.150. The van der Waals surface area contributed by atoms with E-state index in [1.54, 1.807) is 28.8 Å². The Bertz CT molecular complexity index is 1220. The first kappa shape index (κ1) is 20.4. The van der Waals surface area contributed by atoms with Gasteiger partial charge in [0.15, 0.2) is 10.9 Å². The summed E-state index contributed by atoms with van der Waals surface area (Å²) in [6.07, 6.45) is 0.780. The molecule has 0 bridgehead atoms. The summed E-state index contributed by atoms with van der Waals surface area (Å²) in [6.45, 7) is 2.51. The van der Waals surface area contributed by atoms with Crippen LogP contribution in [0, 0.1) is 0 Å². The van der Waals surface area contributed by atoms with Gasteiger partial charge in [0.05, 0.1) is 0 Å². The lowest BCUT2D eigenvalue weighted by Crippen LogP contribution is -2.38. The number of carbonyl (C=O) groups excluding carboxylic acids is 1. The van der Waals surface area contributed by atoms with E-state index in [4.69, 9.17) is 23.8 Å². The van der Waals surface area contributed by atoms with Crippen molar-refractivity contribution in [3.63, 3.8) is 0 Å². The third-order valence-electron chi connectivity index (χ3n) is 4.34. The summed E-state index contributed by atoms with van der Waals surface area (Å²) in [7, 11) is 0. The quantitative estimate of drug-likeness (QED) is 0.443. The van der Waals surface area contributed by atoms with Crippen molar-refractivity contribution in [2.45, 2.75) is 19.9 Å². The van der Waals surface area contributed by atoms with Gasteiger partial charge in [-0.05, 0) is 36.0 Å². The molecule has 2 aromatic heterocycles. The minimum atomic E-state index is -0.305. The molecule has 0 aliphatic heterocycles. The van der Waals surface area contributed by atoms with Gasteiger partial charge in [0.2, 0.25) is 4.96 Å². The normalized spacial score (nSPS) is 10.9. The molecule has 0 fully saturated rings. The van der Waals surface area contributed by atoms with E-state index in [9.17, 15) is 4.79 Å². The van der Waals surface area contributed by atoms with Crippen LogP contribution in [0.15, 0.2) is 48.5 Å². The molecule has 0 aliphatic rings. The van der Waals surface area contributed by atoms with Crippen molar-refractivity contribution in [2.24, 2.45) is 0 Å². The lowest BCUT2D eigenvalue weighted by Gasteiger charge is -2.10. The van der Waals surface area contributed by atoms with Crippen LogP contribution in [0.5, 0.6) is 0 Å². The Labute approximate surface area is 187 Å². The zero-order chi connectivity index (χ0) is 21.1. The number of rotatable bonds is 5. The second-order valence-corrected chi connectivity index (χ2v) is 8.22. The van der Waals surface area contributed by atoms with Crippen molar-refractivity contribution in [3.8, 4) is 10.6 Å². The highest BCUT2D eigenvalue weighted by atomic mass is 35.5. The first-order valence-corrected chi connectivity index (χ1v) is 10.8. The summed E-state index contributed by atoms with van der Waals surface area (Å²) in [6, 6.07) is 14.7. The second kappa shape index (κ2) is 8.86. The van der Waals surface area contributed by atoms with Crippen molar-refractivity contribution in [3.05, 3.63) is 70.5 Å². The van der Waals surface area contributed by atoms with Gasteiger partial charge >= 0.3 is 0 Å². The van der Waals surface area contributed by atoms with Crippen LogP contribution in [0.25, 0.3) is 15.5 Å². The van der Waals surface area contributed by atoms with Crippen molar-refractivity contribution in [1.29, 1.82) is 0 Å². The molecule has 30 heavy (non-hydrogen) atoms. The van der Waals surface area contributed by atoms with E-state index >= 15 is 0 Å². The van der Waals surface area contributed by atoms with E-state index < -0.39 is 0 Å². The highest BCUT2D eigenvalue weighted by Crippen LogP contribution is 2.25. The largest absolute Gasteiger partial charge is 0.358 e. The third-order valence-corrected chi connectivity index (χ3v) is 5.77. The number of carbonyl (C=O) groups is 1. The van der Waals surface area contributed by atoms with Crippen LogP contribution in [-0.2, 0) is 13.0 Å². The maximum absolute atomic E-state index is 12.2. The number of nitrogens with one attached hydrogen (secondary N) is 2. The summed E-state index contributed by atoms with van der Waals surface area (Å²) in [5.41, 5.74) is 2.48. The van der Waals surface area contributed by atoms with E-state index in [0.29, 0.717) is 17.1 Å². The van der Waals surface area contributed by atoms with Crippen LogP contribution < -0.4 is 10.6 Å². The Kier molecular flexibility index (Phi) is 6.03. The molecule has 0 radical (unpaired) electrons. The molecular formula is C20H17ClN6OS2. The summed E-state index contributed by atoms with van der Waals surface area (Å²) in [5, 5.41) is 20.2. The summed E-state index contributed by atoms with van der Waals surface area (Å²) in [5.74, 6) is 0.543. The minimum absolute atomic E-state index is 0.254. The number of hydrogen-bond donors (Lipinski definition) is 2. The minimum Gasteiger partial charge on any atom is -0.358 e. The number of hydrogen-bond acceptors (Lipinski definition) is 6. The van der Waals surface area contributed by atoms with Crippen LogP contribution >= 0.6 is 35.2 Å². The fourth-order valence-electron chi connectivity index (χ4n) is 2.79. The SMILES string of the molecule is CCc1nnc2sc(-c3ccc(CNC(=S)NC(=O)c4cccc(Cl)c4)cc3)nn12. The Morgan fingerprint density at radius 3 is 2.73 bits per heavy atom. The van der Waals surface area contributed by atoms with Crippen molar-refractivity contribution >= 4 is 51.1 Å². The topological polar surface area (TPSA) is 84.2 Å². The van der Waals surface area contributed by atoms with Gasteiger partial charge < -0.3 is 5.32 Å². The molecule has 0 spiro atoms. The van der Waals surface area contributed by atoms with Gasteiger partial charge in [-0.3, -0.25) is 10.1 Å². The Morgan fingerprint density at radius 1 is 1.20 bits per heavy atom. The van der Waals surface area contributed by atoms with E-state index in [1.165, 1.54) is 11.3 Å². The number of aryl methyl sites for hydroxylation is 1. The number of aromatic nitrogens is 4. The highest BCUT2D eigenvalue weighted by molar-refractivity contribution is 7.80. The maximum Gasteiger partial charge on any atom is 0.257 e.